The van der Waals surface area contributed by atoms with Crippen molar-refractivity contribution in [2.24, 2.45) is 12.0 Å². The number of benzene rings is 1. The van der Waals surface area contributed by atoms with Crippen LogP contribution in [0.15, 0.2) is 58.1 Å². The molecule has 0 bridgehead atoms. The van der Waals surface area contributed by atoms with Crippen molar-refractivity contribution in [1.29, 1.82) is 0 Å². The lowest BCUT2D eigenvalue weighted by molar-refractivity contribution is 0.287. The zero-order valence-corrected chi connectivity index (χ0v) is 19.0. The first-order valence-electron chi connectivity index (χ1n) is 9.69. The standard InChI is InChI=1S/C22H27Cl2N5O/c1-25-22(27-13-18-11-20(23)21(24)29(18)3)26-12-16-7-4-5-8-17(16)14-28(2)15-19-9-6-10-30-19/h4-11H,12-15H2,1-3H3,(H2,25,26,27). The third-order valence-electron chi connectivity index (χ3n) is 4.89. The molecule has 0 spiro atoms. The third kappa shape index (κ3) is 5.81. The van der Waals surface area contributed by atoms with Gasteiger partial charge in [0.05, 0.1) is 24.4 Å². The molecule has 0 unspecified atom stereocenters. The van der Waals surface area contributed by atoms with E-state index in [0.717, 1.165) is 24.5 Å². The number of hydrogen-bond donors (Lipinski definition) is 2. The van der Waals surface area contributed by atoms with Gasteiger partial charge >= 0.3 is 0 Å². The molecular weight excluding hydrogens is 421 g/mol. The number of furan rings is 1. The van der Waals surface area contributed by atoms with Crippen LogP contribution in [0.3, 0.4) is 0 Å². The molecule has 0 aliphatic carbocycles. The van der Waals surface area contributed by atoms with E-state index >= 15 is 0 Å². The van der Waals surface area contributed by atoms with E-state index in [9.17, 15) is 0 Å². The van der Waals surface area contributed by atoms with E-state index in [1.165, 1.54) is 11.1 Å². The highest BCUT2D eigenvalue weighted by Crippen LogP contribution is 2.24. The Bertz CT molecular complexity index is 982. The Kier molecular flexibility index (Phi) is 7.85. The molecule has 0 aliphatic rings. The van der Waals surface area contributed by atoms with Crippen LogP contribution in [0.4, 0.5) is 0 Å². The van der Waals surface area contributed by atoms with Crippen LogP contribution in [0.25, 0.3) is 0 Å². The number of halogens is 2. The van der Waals surface area contributed by atoms with Crippen molar-refractivity contribution in [3.8, 4) is 0 Å². The maximum atomic E-state index is 6.14. The van der Waals surface area contributed by atoms with Crippen molar-refractivity contribution >= 4 is 29.2 Å². The first-order valence-corrected chi connectivity index (χ1v) is 10.4. The number of nitrogens with zero attached hydrogens (tertiary/aromatic N) is 3. The monoisotopic (exact) mass is 447 g/mol. The van der Waals surface area contributed by atoms with Gasteiger partial charge in [0, 0.05) is 32.9 Å². The van der Waals surface area contributed by atoms with E-state index in [1.807, 2.05) is 29.8 Å². The second-order valence-corrected chi connectivity index (χ2v) is 7.90. The van der Waals surface area contributed by atoms with Gasteiger partial charge in [0.15, 0.2) is 5.96 Å². The Morgan fingerprint density at radius 1 is 1.07 bits per heavy atom. The molecule has 1 aromatic carbocycles. The van der Waals surface area contributed by atoms with Crippen molar-refractivity contribution in [1.82, 2.24) is 20.1 Å². The quantitative estimate of drug-likeness (QED) is 0.396. The largest absolute Gasteiger partial charge is 0.468 e. The summed E-state index contributed by atoms with van der Waals surface area (Å²) in [7, 11) is 5.73. The molecule has 0 aliphatic heterocycles. The SMILES string of the molecule is CN=C(NCc1ccccc1CN(C)Cc1ccco1)NCc1cc(Cl)c(Cl)n1C. The smallest absolute Gasteiger partial charge is 0.191 e. The number of guanidine groups is 1. The molecule has 2 aromatic heterocycles. The number of aliphatic imine (C=N–C) groups is 1. The van der Waals surface area contributed by atoms with Crippen LogP contribution >= 0.6 is 23.2 Å². The van der Waals surface area contributed by atoms with Crippen LogP contribution in [-0.4, -0.2) is 29.5 Å². The van der Waals surface area contributed by atoms with Gasteiger partial charge in [-0.25, -0.2) is 0 Å². The Labute approximate surface area is 187 Å². The zero-order chi connectivity index (χ0) is 21.5. The van der Waals surface area contributed by atoms with Gasteiger partial charge in [0.2, 0.25) is 0 Å². The lowest BCUT2D eigenvalue weighted by Gasteiger charge is -2.19. The Hall–Kier alpha value is -2.41. The van der Waals surface area contributed by atoms with Crippen molar-refractivity contribution in [3.05, 3.63) is 81.5 Å². The van der Waals surface area contributed by atoms with Crippen LogP contribution in [0, 0.1) is 0 Å². The highest BCUT2D eigenvalue weighted by atomic mass is 35.5. The van der Waals surface area contributed by atoms with Gasteiger partial charge in [0.25, 0.3) is 0 Å². The summed E-state index contributed by atoms with van der Waals surface area (Å²) in [4.78, 5) is 6.54. The molecule has 0 atom stereocenters. The summed E-state index contributed by atoms with van der Waals surface area (Å²) in [6.45, 7) is 2.82. The van der Waals surface area contributed by atoms with Gasteiger partial charge in [0.1, 0.15) is 10.9 Å². The van der Waals surface area contributed by atoms with E-state index < -0.39 is 0 Å². The molecule has 3 aromatic rings. The lowest BCUT2D eigenvalue weighted by atomic mass is 10.1. The molecule has 2 heterocycles. The number of rotatable bonds is 8. The molecule has 8 heteroatoms. The highest BCUT2D eigenvalue weighted by Gasteiger charge is 2.11. The van der Waals surface area contributed by atoms with E-state index in [4.69, 9.17) is 27.6 Å². The molecule has 0 radical (unpaired) electrons. The Morgan fingerprint density at radius 2 is 1.80 bits per heavy atom. The summed E-state index contributed by atoms with van der Waals surface area (Å²) in [5, 5.41) is 7.77. The summed E-state index contributed by atoms with van der Waals surface area (Å²) >= 11 is 12.2. The first-order chi connectivity index (χ1) is 14.5. The van der Waals surface area contributed by atoms with Gasteiger partial charge in [-0.15, -0.1) is 0 Å². The van der Waals surface area contributed by atoms with Gasteiger partial charge in [-0.2, -0.15) is 0 Å². The van der Waals surface area contributed by atoms with Crippen LogP contribution in [-0.2, 0) is 33.2 Å². The van der Waals surface area contributed by atoms with E-state index in [0.29, 0.717) is 29.2 Å². The minimum Gasteiger partial charge on any atom is -0.468 e. The number of nitrogens with one attached hydrogen (secondary N) is 2. The Balaban J connectivity index is 1.57. The molecule has 0 saturated heterocycles. The second-order valence-electron chi connectivity index (χ2n) is 7.13. The van der Waals surface area contributed by atoms with Gasteiger partial charge in [-0.05, 0) is 36.4 Å². The summed E-state index contributed by atoms with van der Waals surface area (Å²) < 4.78 is 7.31. The molecule has 0 saturated carbocycles. The van der Waals surface area contributed by atoms with Crippen molar-refractivity contribution < 1.29 is 4.42 Å². The number of hydrogen-bond acceptors (Lipinski definition) is 3. The molecule has 30 heavy (non-hydrogen) atoms. The third-order valence-corrected chi connectivity index (χ3v) is 5.73. The maximum Gasteiger partial charge on any atom is 0.191 e. The maximum absolute atomic E-state index is 6.14. The minimum absolute atomic E-state index is 0.531. The zero-order valence-electron chi connectivity index (χ0n) is 17.5. The molecule has 0 amide bonds. The fraction of sp³-hybridized carbons (Fsp3) is 0.318. The normalized spacial score (nSPS) is 11.9. The predicted molar refractivity (Wildman–Crippen MR) is 123 cm³/mol. The predicted octanol–water partition coefficient (Wildman–Crippen LogP) is 4.42. The Morgan fingerprint density at radius 3 is 2.43 bits per heavy atom. The van der Waals surface area contributed by atoms with Crippen LogP contribution in [0.2, 0.25) is 10.2 Å². The fourth-order valence-corrected chi connectivity index (χ4v) is 3.65. The molecular formula is C22H27Cl2N5O. The molecule has 2 N–H and O–H groups in total. The van der Waals surface area contributed by atoms with Crippen LogP contribution in [0.5, 0.6) is 0 Å². The number of aromatic nitrogens is 1. The lowest BCUT2D eigenvalue weighted by Crippen LogP contribution is -2.37. The average molecular weight is 448 g/mol. The van der Waals surface area contributed by atoms with Crippen LogP contribution < -0.4 is 10.6 Å². The summed E-state index contributed by atoms with van der Waals surface area (Å²) in [5.41, 5.74) is 3.46. The molecule has 3 rings (SSSR count). The summed E-state index contributed by atoms with van der Waals surface area (Å²) in [5.74, 6) is 1.67. The highest BCUT2D eigenvalue weighted by molar-refractivity contribution is 6.41. The van der Waals surface area contributed by atoms with Gasteiger partial charge in [-0.3, -0.25) is 9.89 Å². The second kappa shape index (κ2) is 10.6. The molecule has 6 nitrogen and oxygen atoms in total. The van der Waals surface area contributed by atoms with E-state index in [2.05, 4.69) is 51.8 Å². The van der Waals surface area contributed by atoms with E-state index in [-0.39, 0.29) is 0 Å². The van der Waals surface area contributed by atoms with Crippen molar-refractivity contribution in [2.45, 2.75) is 26.2 Å². The topological polar surface area (TPSA) is 57.7 Å². The minimum atomic E-state index is 0.531. The van der Waals surface area contributed by atoms with Crippen molar-refractivity contribution in [3.63, 3.8) is 0 Å². The van der Waals surface area contributed by atoms with Crippen LogP contribution in [0.1, 0.15) is 22.6 Å². The van der Waals surface area contributed by atoms with Crippen molar-refractivity contribution in [2.75, 3.05) is 14.1 Å². The first kappa shape index (κ1) is 22.3. The van der Waals surface area contributed by atoms with Gasteiger partial charge < -0.3 is 19.6 Å². The van der Waals surface area contributed by atoms with E-state index in [1.54, 1.807) is 13.3 Å². The fourth-order valence-electron chi connectivity index (χ4n) is 3.23. The summed E-state index contributed by atoms with van der Waals surface area (Å²) in [6, 6.07) is 14.2. The average Bonchev–Trinajstić information content (AvgIpc) is 3.33. The summed E-state index contributed by atoms with van der Waals surface area (Å²) in [6.07, 6.45) is 1.71. The molecule has 0 fully saturated rings. The van der Waals surface area contributed by atoms with Gasteiger partial charge in [-0.1, -0.05) is 47.5 Å². The molecule has 160 valence electrons.